The van der Waals surface area contributed by atoms with Crippen molar-refractivity contribution in [2.24, 2.45) is 5.73 Å². The van der Waals surface area contributed by atoms with E-state index in [0.29, 0.717) is 12.1 Å². The summed E-state index contributed by atoms with van der Waals surface area (Å²) in [6.45, 7) is 6.66. The highest BCUT2D eigenvalue weighted by Gasteiger charge is 2.25. The Morgan fingerprint density at radius 1 is 1.29 bits per heavy atom. The molecule has 1 aliphatic rings. The van der Waals surface area contributed by atoms with Crippen LogP contribution in [0.3, 0.4) is 0 Å². The summed E-state index contributed by atoms with van der Waals surface area (Å²) in [7, 11) is 0. The van der Waals surface area contributed by atoms with Crippen molar-refractivity contribution in [2.75, 3.05) is 13.1 Å². The summed E-state index contributed by atoms with van der Waals surface area (Å²) in [4.78, 5) is 2.53. The maximum Gasteiger partial charge on any atom is 0.0346 e. The molecule has 0 spiro atoms. The third-order valence-electron chi connectivity index (χ3n) is 3.86. The van der Waals surface area contributed by atoms with Gasteiger partial charge >= 0.3 is 0 Å². The van der Waals surface area contributed by atoms with Crippen LogP contribution in [0.25, 0.3) is 0 Å². The number of hydrogen-bond donors (Lipinski definition) is 1. The average molecular weight is 232 g/mol. The minimum Gasteiger partial charge on any atom is -0.326 e. The quantitative estimate of drug-likeness (QED) is 0.865. The van der Waals surface area contributed by atoms with E-state index < -0.39 is 0 Å². The largest absolute Gasteiger partial charge is 0.326 e. The zero-order valence-electron chi connectivity index (χ0n) is 11.0. The van der Waals surface area contributed by atoms with Gasteiger partial charge in [0.15, 0.2) is 0 Å². The third kappa shape index (κ3) is 2.88. The van der Waals surface area contributed by atoms with E-state index in [2.05, 4.69) is 43.0 Å². The monoisotopic (exact) mass is 232 g/mol. The van der Waals surface area contributed by atoms with Crippen molar-refractivity contribution in [3.05, 3.63) is 35.4 Å². The topological polar surface area (TPSA) is 29.3 Å². The second-order valence-electron chi connectivity index (χ2n) is 5.06. The van der Waals surface area contributed by atoms with Gasteiger partial charge in [0.05, 0.1) is 0 Å². The van der Waals surface area contributed by atoms with Crippen LogP contribution in [0.15, 0.2) is 24.3 Å². The van der Waals surface area contributed by atoms with Crippen molar-refractivity contribution in [1.82, 2.24) is 4.90 Å². The van der Waals surface area contributed by atoms with Crippen molar-refractivity contribution in [3.8, 4) is 0 Å². The smallest absolute Gasteiger partial charge is 0.0346 e. The Kier molecular flexibility index (Phi) is 4.19. The summed E-state index contributed by atoms with van der Waals surface area (Å²) in [5.74, 6) is 0. The van der Waals surface area contributed by atoms with Gasteiger partial charge in [0.2, 0.25) is 0 Å². The number of nitrogens with two attached hydrogens (primary N) is 1. The number of aryl methyl sites for hydroxylation is 1. The number of hydrogen-bond acceptors (Lipinski definition) is 2. The van der Waals surface area contributed by atoms with Gasteiger partial charge in [0.25, 0.3) is 0 Å². The van der Waals surface area contributed by atoms with Gasteiger partial charge < -0.3 is 5.73 Å². The highest BCUT2D eigenvalue weighted by molar-refractivity contribution is 5.25. The average Bonchev–Trinajstić information content (AvgIpc) is 2.78. The van der Waals surface area contributed by atoms with Crippen LogP contribution in [0.2, 0.25) is 0 Å². The molecule has 0 saturated carbocycles. The predicted octanol–water partition coefficient (Wildman–Crippen LogP) is 2.73. The van der Waals surface area contributed by atoms with E-state index in [-0.39, 0.29) is 0 Å². The zero-order chi connectivity index (χ0) is 12.3. The molecule has 94 valence electrons. The molecule has 2 nitrogen and oxygen atoms in total. The van der Waals surface area contributed by atoms with Crippen LogP contribution >= 0.6 is 0 Å². The van der Waals surface area contributed by atoms with Gasteiger partial charge in [-0.1, -0.05) is 38.1 Å². The van der Waals surface area contributed by atoms with E-state index in [4.69, 9.17) is 5.73 Å². The number of benzene rings is 1. The van der Waals surface area contributed by atoms with E-state index >= 15 is 0 Å². The van der Waals surface area contributed by atoms with E-state index in [0.717, 1.165) is 32.4 Å². The fourth-order valence-corrected chi connectivity index (χ4v) is 2.78. The summed E-state index contributed by atoms with van der Waals surface area (Å²) in [6.07, 6.45) is 3.42. The lowest BCUT2D eigenvalue weighted by Crippen LogP contribution is -2.29. The highest BCUT2D eigenvalue weighted by atomic mass is 15.2. The second kappa shape index (κ2) is 5.65. The third-order valence-corrected chi connectivity index (χ3v) is 3.86. The Balaban J connectivity index is 2.11. The maximum absolute atomic E-state index is 6.00. The van der Waals surface area contributed by atoms with Gasteiger partial charge in [-0.05, 0) is 30.4 Å². The molecule has 1 aliphatic heterocycles. The van der Waals surface area contributed by atoms with Gasteiger partial charge in [0, 0.05) is 25.2 Å². The summed E-state index contributed by atoms with van der Waals surface area (Å²) >= 11 is 0. The summed E-state index contributed by atoms with van der Waals surface area (Å²) in [5, 5.41) is 0. The normalized spacial score (nSPS) is 22.9. The van der Waals surface area contributed by atoms with Crippen molar-refractivity contribution >= 4 is 0 Å². The van der Waals surface area contributed by atoms with Crippen LogP contribution in [-0.4, -0.2) is 24.0 Å². The van der Waals surface area contributed by atoms with Crippen LogP contribution in [0.4, 0.5) is 0 Å². The van der Waals surface area contributed by atoms with Crippen molar-refractivity contribution in [1.29, 1.82) is 0 Å². The molecule has 0 radical (unpaired) electrons. The SMILES string of the molecule is CCc1ccc(C(CC)N2CCC(N)C2)cc1. The van der Waals surface area contributed by atoms with Gasteiger partial charge in [0.1, 0.15) is 0 Å². The zero-order valence-corrected chi connectivity index (χ0v) is 11.0. The standard InChI is InChI=1S/C15H24N2/c1-3-12-5-7-13(8-6-12)15(4-2)17-10-9-14(16)11-17/h5-8,14-15H,3-4,9-11,16H2,1-2H3. The van der Waals surface area contributed by atoms with Gasteiger partial charge in [-0.15, -0.1) is 0 Å². The first kappa shape index (κ1) is 12.6. The van der Waals surface area contributed by atoms with Crippen LogP contribution in [0.5, 0.6) is 0 Å². The van der Waals surface area contributed by atoms with Crippen molar-refractivity contribution < 1.29 is 0 Å². The van der Waals surface area contributed by atoms with Gasteiger partial charge in [-0.3, -0.25) is 4.90 Å². The van der Waals surface area contributed by atoms with Crippen molar-refractivity contribution in [3.63, 3.8) is 0 Å². The number of likely N-dealkylation sites (tertiary alicyclic amines) is 1. The maximum atomic E-state index is 6.00. The molecule has 0 aliphatic carbocycles. The Labute approximate surface area is 105 Å². The number of rotatable bonds is 4. The van der Waals surface area contributed by atoms with E-state index in [1.165, 1.54) is 11.1 Å². The Hall–Kier alpha value is -0.860. The molecule has 1 heterocycles. The minimum absolute atomic E-state index is 0.374. The molecular weight excluding hydrogens is 208 g/mol. The molecule has 0 bridgehead atoms. The first-order chi connectivity index (χ1) is 8.24. The lowest BCUT2D eigenvalue weighted by molar-refractivity contribution is 0.236. The second-order valence-corrected chi connectivity index (χ2v) is 5.06. The van der Waals surface area contributed by atoms with Crippen LogP contribution in [-0.2, 0) is 6.42 Å². The molecular formula is C15H24N2. The molecule has 2 rings (SSSR count). The van der Waals surface area contributed by atoms with E-state index in [1.54, 1.807) is 0 Å². The fraction of sp³-hybridized carbons (Fsp3) is 0.600. The molecule has 2 N–H and O–H groups in total. The van der Waals surface area contributed by atoms with Crippen molar-refractivity contribution in [2.45, 2.75) is 45.2 Å². The molecule has 1 aromatic carbocycles. The fourth-order valence-electron chi connectivity index (χ4n) is 2.78. The molecule has 1 fully saturated rings. The van der Waals surface area contributed by atoms with Gasteiger partial charge in [-0.25, -0.2) is 0 Å². The van der Waals surface area contributed by atoms with E-state index in [1.807, 2.05) is 0 Å². The van der Waals surface area contributed by atoms with Crippen LogP contribution in [0.1, 0.15) is 43.9 Å². The van der Waals surface area contributed by atoms with Crippen LogP contribution in [0, 0.1) is 0 Å². The lowest BCUT2D eigenvalue weighted by atomic mass is 10.0. The van der Waals surface area contributed by atoms with Crippen LogP contribution < -0.4 is 5.73 Å². The summed E-state index contributed by atoms with van der Waals surface area (Å²) in [6, 6.07) is 10.0. The Morgan fingerprint density at radius 2 is 2.00 bits per heavy atom. The molecule has 17 heavy (non-hydrogen) atoms. The molecule has 0 amide bonds. The molecule has 2 atom stereocenters. The van der Waals surface area contributed by atoms with E-state index in [9.17, 15) is 0 Å². The first-order valence-corrected chi connectivity index (χ1v) is 6.83. The Bertz CT molecular complexity index is 344. The summed E-state index contributed by atoms with van der Waals surface area (Å²) in [5.41, 5.74) is 8.86. The Morgan fingerprint density at radius 3 is 2.47 bits per heavy atom. The first-order valence-electron chi connectivity index (χ1n) is 6.83. The number of nitrogens with zero attached hydrogens (tertiary/aromatic N) is 1. The minimum atomic E-state index is 0.374. The molecule has 0 aromatic heterocycles. The molecule has 1 saturated heterocycles. The molecule has 2 heteroatoms. The van der Waals surface area contributed by atoms with Gasteiger partial charge in [-0.2, -0.15) is 0 Å². The lowest BCUT2D eigenvalue weighted by Gasteiger charge is -2.27. The predicted molar refractivity (Wildman–Crippen MR) is 73.0 cm³/mol. The summed E-state index contributed by atoms with van der Waals surface area (Å²) < 4.78 is 0. The molecule has 1 aromatic rings. The highest BCUT2D eigenvalue weighted by Crippen LogP contribution is 2.27. The molecule has 2 unspecified atom stereocenters.